The number of hydrogen-bond donors (Lipinski definition) is 1. The van der Waals surface area contributed by atoms with Crippen molar-refractivity contribution in [1.82, 2.24) is 9.84 Å². The van der Waals surface area contributed by atoms with Crippen molar-refractivity contribution < 1.29 is 13.2 Å². The third kappa shape index (κ3) is 2.91. The van der Waals surface area contributed by atoms with Crippen LogP contribution < -0.4 is 5.43 Å². The molecule has 5 nitrogen and oxygen atoms in total. The molecule has 1 aromatic carbocycles. The molecule has 0 radical (unpaired) electrons. The highest BCUT2D eigenvalue weighted by molar-refractivity contribution is 7.92. The van der Waals surface area contributed by atoms with E-state index in [1.54, 1.807) is 44.2 Å². The Kier molecular flexibility index (Phi) is 3.67. The van der Waals surface area contributed by atoms with Gasteiger partial charge < -0.3 is 0 Å². The van der Waals surface area contributed by atoms with Gasteiger partial charge in [0.25, 0.3) is 15.9 Å². The number of allylic oxidation sites excluding steroid dienone is 3. The van der Waals surface area contributed by atoms with Gasteiger partial charge in [-0.2, -0.15) is 12.8 Å². The molecule has 0 saturated carbocycles. The summed E-state index contributed by atoms with van der Waals surface area (Å²) in [5.41, 5.74) is 4.92. The Morgan fingerprint density at radius 3 is 2.25 bits per heavy atom. The summed E-state index contributed by atoms with van der Waals surface area (Å²) in [5.74, 6) is -0.464. The summed E-state index contributed by atoms with van der Waals surface area (Å²) in [7, 11) is -3.66. The predicted molar refractivity (Wildman–Crippen MR) is 76.9 cm³/mol. The maximum absolute atomic E-state index is 12.1. The minimum Gasteiger partial charge on any atom is -0.267 e. The van der Waals surface area contributed by atoms with Crippen LogP contribution in [-0.2, 0) is 10.0 Å². The number of amides is 1. The van der Waals surface area contributed by atoms with Gasteiger partial charge >= 0.3 is 0 Å². The Bertz CT molecular complexity index is 700. The number of benzene rings is 1. The van der Waals surface area contributed by atoms with Crippen molar-refractivity contribution in [2.24, 2.45) is 0 Å². The van der Waals surface area contributed by atoms with E-state index in [1.807, 2.05) is 6.92 Å². The number of nitrogens with one attached hydrogen (secondary N) is 1. The van der Waals surface area contributed by atoms with E-state index in [-0.39, 0.29) is 0 Å². The summed E-state index contributed by atoms with van der Waals surface area (Å²) < 4.78 is 24.9. The normalized spacial score (nSPS) is 17.2. The number of nitrogens with zero attached hydrogens (tertiary/aromatic N) is 1. The second kappa shape index (κ2) is 5.13. The van der Waals surface area contributed by atoms with E-state index in [9.17, 15) is 13.2 Å². The zero-order valence-corrected chi connectivity index (χ0v) is 12.4. The van der Waals surface area contributed by atoms with Crippen molar-refractivity contribution >= 4 is 15.9 Å². The molecule has 0 spiro atoms. The minimum absolute atomic E-state index is 0.407. The molecule has 0 aromatic heterocycles. The lowest BCUT2D eigenvalue weighted by Gasteiger charge is -2.26. The van der Waals surface area contributed by atoms with Crippen LogP contribution in [-0.4, -0.2) is 18.7 Å². The summed E-state index contributed by atoms with van der Waals surface area (Å²) in [4.78, 5) is 12.1. The zero-order chi connectivity index (χ0) is 14.9. The Labute approximate surface area is 118 Å². The summed E-state index contributed by atoms with van der Waals surface area (Å²) >= 11 is 0. The first-order chi connectivity index (χ1) is 9.29. The highest BCUT2D eigenvalue weighted by Gasteiger charge is 2.25. The van der Waals surface area contributed by atoms with Crippen LogP contribution >= 0.6 is 0 Å². The Morgan fingerprint density at radius 2 is 1.70 bits per heavy atom. The lowest BCUT2D eigenvalue weighted by molar-refractivity contribution is 0.0897. The molecule has 0 saturated heterocycles. The Hall–Kier alpha value is -2.08. The molecule has 1 N–H and O–H groups in total. The molecule has 1 aliphatic heterocycles. The average molecular weight is 292 g/mol. The third-order valence-electron chi connectivity index (χ3n) is 2.86. The van der Waals surface area contributed by atoms with Gasteiger partial charge in [0, 0.05) is 11.3 Å². The topological polar surface area (TPSA) is 66.5 Å². The van der Waals surface area contributed by atoms with Crippen LogP contribution in [0.4, 0.5) is 0 Å². The van der Waals surface area contributed by atoms with Crippen molar-refractivity contribution in [1.29, 1.82) is 0 Å². The second-order valence-corrected chi connectivity index (χ2v) is 6.39. The van der Waals surface area contributed by atoms with E-state index in [0.717, 1.165) is 15.4 Å². The molecule has 0 aliphatic carbocycles. The van der Waals surface area contributed by atoms with Crippen LogP contribution in [0.15, 0.2) is 47.0 Å². The number of hydrazine groups is 1. The van der Waals surface area contributed by atoms with Crippen LogP contribution in [0.5, 0.6) is 0 Å². The SMILES string of the molecule is CC1=CS(=O)(=O)N(NC(=O)c2ccc(C)cc2)C(C)=C1. The molecule has 0 unspecified atom stereocenters. The van der Waals surface area contributed by atoms with E-state index >= 15 is 0 Å². The maximum Gasteiger partial charge on any atom is 0.274 e. The number of carbonyl (C=O) groups excluding carboxylic acids is 1. The number of sulfonamides is 1. The molecule has 0 fully saturated rings. The summed E-state index contributed by atoms with van der Waals surface area (Å²) in [6.07, 6.45) is 1.69. The van der Waals surface area contributed by atoms with Crippen molar-refractivity contribution in [2.75, 3.05) is 0 Å². The smallest absolute Gasteiger partial charge is 0.267 e. The van der Waals surface area contributed by atoms with Gasteiger partial charge in [-0.15, -0.1) is 0 Å². The number of aryl methyl sites for hydroxylation is 1. The van der Waals surface area contributed by atoms with Crippen molar-refractivity contribution in [2.45, 2.75) is 20.8 Å². The molecule has 20 heavy (non-hydrogen) atoms. The quantitative estimate of drug-likeness (QED) is 0.907. The Morgan fingerprint density at radius 1 is 1.10 bits per heavy atom. The highest BCUT2D eigenvalue weighted by atomic mass is 32.2. The first-order valence-electron chi connectivity index (χ1n) is 6.09. The first-order valence-corrected chi connectivity index (χ1v) is 7.59. The number of rotatable bonds is 2. The van der Waals surface area contributed by atoms with Gasteiger partial charge in [0.15, 0.2) is 0 Å². The fourth-order valence-corrected chi connectivity index (χ4v) is 3.23. The van der Waals surface area contributed by atoms with Gasteiger partial charge in [0.2, 0.25) is 0 Å². The maximum atomic E-state index is 12.1. The number of hydrogen-bond acceptors (Lipinski definition) is 3. The van der Waals surface area contributed by atoms with Gasteiger partial charge in [0.05, 0.1) is 5.41 Å². The standard InChI is InChI=1S/C14H16N2O3S/c1-10-4-6-13(7-5-10)14(17)15-16-12(3)8-11(2)9-20(16,18)19/h4-9H,1-3H3,(H,15,17). The largest absolute Gasteiger partial charge is 0.274 e. The molecule has 0 atom stereocenters. The lowest BCUT2D eigenvalue weighted by atomic mass is 10.1. The molecule has 1 amide bonds. The van der Waals surface area contributed by atoms with E-state index in [1.165, 1.54) is 0 Å². The van der Waals surface area contributed by atoms with Crippen molar-refractivity contribution in [3.05, 3.63) is 58.1 Å². The lowest BCUT2D eigenvalue weighted by Crippen LogP contribution is -2.45. The fourth-order valence-electron chi connectivity index (χ4n) is 1.92. The van der Waals surface area contributed by atoms with Gasteiger partial charge in [-0.05, 0) is 44.6 Å². The number of carbonyl (C=O) groups is 1. The molecular formula is C14H16N2O3S. The molecule has 2 rings (SSSR count). The van der Waals surface area contributed by atoms with Crippen LogP contribution in [0.3, 0.4) is 0 Å². The molecule has 1 aromatic rings. The molecular weight excluding hydrogens is 276 g/mol. The van der Waals surface area contributed by atoms with Crippen LogP contribution in [0.1, 0.15) is 29.8 Å². The third-order valence-corrected chi connectivity index (χ3v) is 4.42. The highest BCUT2D eigenvalue weighted by Crippen LogP contribution is 2.19. The van der Waals surface area contributed by atoms with Gasteiger partial charge in [0.1, 0.15) is 0 Å². The zero-order valence-electron chi connectivity index (χ0n) is 11.5. The van der Waals surface area contributed by atoms with Crippen molar-refractivity contribution in [3.63, 3.8) is 0 Å². The minimum atomic E-state index is -3.66. The first kappa shape index (κ1) is 14.3. The molecule has 106 valence electrons. The van der Waals surface area contributed by atoms with E-state index in [0.29, 0.717) is 16.8 Å². The summed E-state index contributed by atoms with van der Waals surface area (Å²) in [5, 5.41) is 1.12. The van der Waals surface area contributed by atoms with Gasteiger partial charge in [-0.1, -0.05) is 17.7 Å². The average Bonchev–Trinajstić information content (AvgIpc) is 2.33. The Balaban J connectivity index is 2.24. The molecule has 0 bridgehead atoms. The van der Waals surface area contributed by atoms with E-state index < -0.39 is 15.9 Å². The van der Waals surface area contributed by atoms with E-state index in [2.05, 4.69) is 5.43 Å². The van der Waals surface area contributed by atoms with Gasteiger partial charge in [-0.25, -0.2) is 5.43 Å². The fraction of sp³-hybridized carbons (Fsp3) is 0.214. The van der Waals surface area contributed by atoms with Crippen LogP contribution in [0, 0.1) is 6.92 Å². The predicted octanol–water partition coefficient (Wildman–Crippen LogP) is 2.09. The molecule has 6 heteroatoms. The van der Waals surface area contributed by atoms with E-state index in [4.69, 9.17) is 0 Å². The van der Waals surface area contributed by atoms with Crippen molar-refractivity contribution in [3.8, 4) is 0 Å². The summed E-state index contributed by atoms with van der Waals surface area (Å²) in [6.45, 7) is 5.24. The molecule has 1 heterocycles. The molecule has 1 aliphatic rings. The monoisotopic (exact) mass is 292 g/mol. The summed E-state index contributed by atoms with van der Waals surface area (Å²) in [6, 6.07) is 6.90. The van der Waals surface area contributed by atoms with Crippen LogP contribution in [0.2, 0.25) is 0 Å². The second-order valence-electron chi connectivity index (χ2n) is 4.76. The van der Waals surface area contributed by atoms with Crippen LogP contribution in [0.25, 0.3) is 0 Å². The van der Waals surface area contributed by atoms with Gasteiger partial charge in [-0.3, -0.25) is 4.79 Å².